The number of hydrogen-bond donors (Lipinski definition) is 0. The number of hydrogen-bond acceptors (Lipinski definition) is 4. The molecule has 126 valence electrons. The normalized spacial score (nSPS) is 22.6. The summed E-state index contributed by atoms with van der Waals surface area (Å²) in [7, 11) is 0. The number of carbonyl (C=O) groups is 4. The van der Waals surface area contributed by atoms with Crippen LogP contribution in [0.2, 0.25) is 0 Å². The summed E-state index contributed by atoms with van der Waals surface area (Å²) >= 11 is 0. The highest BCUT2D eigenvalue weighted by atomic mass is 16.2. The van der Waals surface area contributed by atoms with Crippen LogP contribution < -0.4 is 0 Å². The third-order valence-corrected chi connectivity index (χ3v) is 5.52. The molecule has 4 nitrogen and oxygen atoms in total. The lowest BCUT2D eigenvalue weighted by atomic mass is 9.60. The fraction of sp³-hybridized carbons (Fsp3) is 0.500. The fourth-order valence-electron chi connectivity index (χ4n) is 4.54. The van der Waals surface area contributed by atoms with Gasteiger partial charge in [0.2, 0.25) is 0 Å². The second kappa shape index (κ2) is 5.76. The SMILES string of the molecule is CCC(=O)C1(C2Cc3cc(C)cc(C)c3C2=O)C(=O)CCCC1=O. The first-order valence-electron chi connectivity index (χ1n) is 8.58. The van der Waals surface area contributed by atoms with Gasteiger partial charge in [-0.2, -0.15) is 0 Å². The Bertz CT molecular complexity index is 742. The van der Waals surface area contributed by atoms with Crippen LogP contribution in [-0.4, -0.2) is 23.1 Å². The standard InChI is InChI=1S/C20H22O4/c1-4-15(21)20(16(22)6-5-7-17(20)23)14-10-13-9-11(2)8-12(3)18(13)19(14)24/h8-9,14H,4-7,10H2,1-3H3. The van der Waals surface area contributed by atoms with Crippen molar-refractivity contribution in [2.24, 2.45) is 11.3 Å². The van der Waals surface area contributed by atoms with Crippen molar-refractivity contribution in [3.63, 3.8) is 0 Å². The van der Waals surface area contributed by atoms with Gasteiger partial charge >= 0.3 is 0 Å². The Morgan fingerprint density at radius 1 is 1.12 bits per heavy atom. The summed E-state index contributed by atoms with van der Waals surface area (Å²) in [6.07, 6.45) is 1.28. The first-order valence-corrected chi connectivity index (χ1v) is 8.58. The lowest BCUT2D eigenvalue weighted by Crippen LogP contribution is -2.55. The molecular weight excluding hydrogens is 304 g/mol. The largest absolute Gasteiger partial charge is 0.298 e. The number of benzene rings is 1. The highest BCUT2D eigenvalue weighted by molar-refractivity contribution is 6.29. The van der Waals surface area contributed by atoms with E-state index < -0.39 is 17.1 Å². The molecule has 0 aliphatic heterocycles. The highest BCUT2D eigenvalue weighted by Crippen LogP contribution is 2.46. The van der Waals surface area contributed by atoms with E-state index in [9.17, 15) is 19.2 Å². The van der Waals surface area contributed by atoms with E-state index in [1.54, 1.807) is 6.92 Å². The molecule has 1 atom stereocenters. The Hall–Kier alpha value is -2.10. The molecule has 24 heavy (non-hydrogen) atoms. The molecule has 4 heteroatoms. The van der Waals surface area contributed by atoms with Gasteiger partial charge in [0, 0.05) is 24.8 Å². The molecule has 3 rings (SSSR count). The first-order chi connectivity index (χ1) is 11.3. The van der Waals surface area contributed by atoms with Crippen LogP contribution in [0.3, 0.4) is 0 Å². The van der Waals surface area contributed by atoms with Crippen molar-refractivity contribution in [1.29, 1.82) is 0 Å². The zero-order valence-electron chi connectivity index (χ0n) is 14.4. The molecule has 1 fully saturated rings. The second-order valence-electron chi connectivity index (χ2n) is 7.02. The Balaban J connectivity index is 2.16. The van der Waals surface area contributed by atoms with Crippen LogP contribution in [-0.2, 0) is 20.8 Å². The van der Waals surface area contributed by atoms with Crippen LogP contribution >= 0.6 is 0 Å². The van der Waals surface area contributed by atoms with Crippen molar-refractivity contribution < 1.29 is 19.2 Å². The maximum atomic E-state index is 13.1. The molecule has 0 spiro atoms. The van der Waals surface area contributed by atoms with E-state index in [1.807, 2.05) is 26.0 Å². The van der Waals surface area contributed by atoms with Crippen LogP contribution in [0.1, 0.15) is 59.7 Å². The minimum Gasteiger partial charge on any atom is -0.298 e. The monoisotopic (exact) mass is 326 g/mol. The van der Waals surface area contributed by atoms with Crippen molar-refractivity contribution in [2.45, 2.75) is 52.9 Å². The van der Waals surface area contributed by atoms with E-state index in [0.717, 1.165) is 16.7 Å². The van der Waals surface area contributed by atoms with Gasteiger partial charge in [-0.15, -0.1) is 0 Å². The Morgan fingerprint density at radius 2 is 1.75 bits per heavy atom. The average Bonchev–Trinajstić information content (AvgIpc) is 2.84. The van der Waals surface area contributed by atoms with Gasteiger partial charge in [0.15, 0.2) is 28.5 Å². The Labute approximate surface area is 141 Å². The second-order valence-corrected chi connectivity index (χ2v) is 7.02. The van der Waals surface area contributed by atoms with Gasteiger partial charge in [-0.3, -0.25) is 19.2 Å². The predicted molar refractivity (Wildman–Crippen MR) is 89.0 cm³/mol. The molecular formula is C20H22O4. The summed E-state index contributed by atoms with van der Waals surface area (Å²) in [6, 6.07) is 3.86. The van der Waals surface area contributed by atoms with E-state index in [1.165, 1.54) is 0 Å². The van der Waals surface area contributed by atoms with E-state index >= 15 is 0 Å². The van der Waals surface area contributed by atoms with Crippen molar-refractivity contribution in [1.82, 2.24) is 0 Å². The highest BCUT2D eigenvalue weighted by Gasteiger charge is 2.60. The van der Waals surface area contributed by atoms with Crippen LogP contribution in [0.4, 0.5) is 0 Å². The summed E-state index contributed by atoms with van der Waals surface area (Å²) in [4.78, 5) is 51.4. The molecule has 0 saturated heterocycles. The van der Waals surface area contributed by atoms with Crippen LogP contribution in [0.15, 0.2) is 12.1 Å². The molecule has 0 bridgehead atoms. The molecule has 1 saturated carbocycles. The van der Waals surface area contributed by atoms with Crippen molar-refractivity contribution in [3.8, 4) is 0 Å². The fourth-order valence-corrected chi connectivity index (χ4v) is 4.54. The zero-order chi connectivity index (χ0) is 17.6. The van der Waals surface area contributed by atoms with E-state index in [-0.39, 0.29) is 36.6 Å². The maximum absolute atomic E-state index is 13.1. The zero-order valence-corrected chi connectivity index (χ0v) is 14.4. The number of ketones is 4. The minimum atomic E-state index is -1.75. The van der Waals surface area contributed by atoms with Gasteiger partial charge in [-0.25, -0.2) is 0 Å². The first kappa shape index (κ1) is 16.7. The van der Waals surface area contributed by atoms with Gasteiger partial charge in [0.05, 0.1) is 5.92 Å². The van der Waals surface area contributed by atoms with Gasteiger partial charge in [0.25, 0.3) is 0 Å². The van der Waals surface area contributed by atoms with Crippen molar-refractivity contribution >= 4 is 23.1 Å². The molecule has 0 radical (unpaired) electrons. The summed E-state index contributed by atoms with van der Waals surface area (Å²) in [6.45, 7) is 5.47. The number of fused-ring (bicyclic) bond motifs is 1. The summed E-state index contributed by atoms with van der Waals surface area (Å²) in [5, 5.41) is 0. The van der Waals surface area contributed by atoms with Crippen molar-refractivity contribution in [3.05, 3.63) is 34.4 Å². The summed E-state index contributed by atoms with van der Waals surface area (Å²) < 4.78 is 0. The lowest BCUT2D eigenvalue weighted by Gasteiger charge is -2.36. The molecule has 0 heterocycles. The molecule has 2 aliphatic carbocycles. The lowest BCUT2D eigenvalue weighted by molar-refractivity contribution is -0.154. The van der Waals surface area contributed by atoms with Crippen LogP contribution in [0.5, 0.6) is 0 Å². The van der Waals surface area contributed by atoms with Gasteiger partial charge in [0.1, 0.15) is 0 Å². The number of rotatable bonds is 3. The molecule has 0 N–H and O–H groups in total. The minimum absolute atomic E-state index is 0.0929. The molecule has 1 aromatic rings. The topological polar surface area (TPSA) is 68.3 Å². The van der Waals surface area contributed by atoms with Crippen LogP contribution in [0.25, 0.3) is 0 Å². The quantitative estimate of drug-likeness (QED) is 0.801. The summed E-state index contributed by atoms with van der Waals surface area (Å²) in [5.41, 5.74) is 1.60. The number of Topliss-reactive ketones (excluding diaryl/α,β-unsaturated/α-hetero) is 4. The number of aryl methyl sites for hydroxylation is 2. The Morgan fingerprint density at radius 3 is 2.33 bits per heavy atom. The van der Waals surface area contributed by atoms with Gasteiger partial charge in [-0.05, 0) is 37.8 Å². The molecule has 1 aromatic carbocycles. The number of carbonyl (C=O) groups excluding carboxylic acids is 4. The molecule has 2 aliphatic rings. The average molecular weight is 326 g/mol. The molecule has 0 aromatic heterocycles. The molecule has 1 unspecified atom stereocenters. The van der Waals surface area contributed by atoms with E-state index in [0.29, 0.717) is 18.4 Å². The Kier molecular flexibility index (Phi) is 4.02. The third kappa shape index (κ3) is 2.12. The van der Waals surface area contributed by atoms with E-state index in [4.69, 9.17) is 0 Å². The third-order valence-electron chi connectivity index (χ3n) is 5.52. The van der Waals surface area contributed by atoms with Crippen LogP contribution in [0, 0.1) is 25.2 Å². The maximum Gasteiger partial charge on any atom is 0.168 e. The molecule has 0 amide bonds. The van der Waals surface area contributed by atoms with Gasteiger partial charge < -0.3 is 0 Å². The predicted octanol–water partition coefficient (Wildman–Crippen LogP) is 2.95. The summed E-state index contributed by atoms with van der Waals surface area (Å²) in [5.74, 6) is -2.18. The van der Waals surface area contributed by atoms with E-state index in [2.05, 4.69) is 0 Å². The van der Waals surface area contributed by atoms with Crippen molar-refractivity contribution in [2.75, 3.05) is 0 Å². The smallest absolute Gasteiger partial charge is 0.168 e. The van der Waals surface area contributed by atoms with Gasteiger partial charge in [-0.1, -0.05) is 24.6 Å².